The largest absolute Gasteiger partial charge is 0.233 e. The Hall–Kier alpha value is -0.930. The summed E-state index contributed by atoms with van der Waals surface area (Å²) < 4.78 is 1.74. The van der Waals surface area contributed by atoms with Crippen LogP contribution in [0.25, 0.3) is 0 Å². The molecule has 1 heterocycles. The first-order valence-corrected chi connectivity index (χ1v) is 4.70. The van der Waals surface area contributed by atoms with Crippen LogP contribution in [0.2, 0.25) is 0 Å². The average Bonchev–Trinajstić information content (AvgIpc) is 2.34. The van der Waals surface area contributed by atoms with Crippen LogP contribution >= 0.6 is 0 Å². The lowest BCUT2D eigenvalue weighted by Gasteiger charge is -2.16. The first-order valence-electron chi connectivity index (χ1n) is 4.70. The van der Waals surface area contributed by atoms with Crippen molar-refractivity contribution in [1.82, 2.24) is 20.2 Å². The molecule has 1 aromatic heterocycles. The molecule has 0 aromatic carbocycles. The molecule has 0 radical (unpaired) electrons. The highest BCUT2D eigenvalue weighted by Gasteiger charge is 2.10. The zero-order chi connectivity index (χ0) is 9.90. The predicted octanol–water partition coefficient (Wildman–Crippen LogP) is 1.58. The molecular weight excluding hydrogens is 164 g/mol. The second kappa shape index (κ2) is 3.85. The molecule has 0 aliphatic carbocycles. The van der Waals surface area contributed by atoms with Crippen LogP contribution in [0.3, 0.4) is 0 Å². The summed E-state index contributed by atoms with van der Waals surface area (Å²) >= 11 is 0. The van der Waals surface area contributed by atoms with Crippen LogP contribution in [0.1, 0.15) is 39.4 Å². The number of aryl methyl sites for hydroxylation is 2. The fourth-order valence-electron chi connectivity index (χ4n) is 1.24. The minimum atomic E-state index is 0.409. The Bertz CT molecular complexity index is 259. The van der Waals surface area contributed by atoms with Crippen LogP contribution in [0, 0.1) is 5.41 Å². The smallest absolute Gasteiger partial charge is 0.150 e. The van der Waals surface area contributed by atoms with E-state index in [2.05, 4.69) is 36.3 Å². The molecule has 1 rings (SSSR count). The van der Waals surface area contributed by atoms with E-state index in [0.717, 1.165) is 18.7 Å². The third-order valence-corrected chi connectivity index (χ3v) is 2.04. The van der Waals surface area contributed by atoms with Crippen molar-refractivity contribution in [3.63, 3.8) is 0 Å². The van der Waals surface area contributed by atoms with Gasteiger partial charge in [-0.2, -0.15) is 0 Å². The summed E-state index contributed by atoms with van der Waals surface area (Å²) in [4.78, 5) is 0. The molecule has 0 fully saturated rings. The van der Waals surface area contributed by atoms with Crippen molar-refractivity contribution in [3.8, 4) is 0 Å². The molecule has 0 aliphatic heterocycles. The number of aromatic nitrogens is 4. The van der Waals surface area contributed by atoms with Gasteiger partial charge in [-0.15, -0.1) is 5.10 Å². The van der Waals surface area contributed by atoms with E-state index in [-0.39, 0.29) is 0 Å². The van der Waals surface area contributed by atoms with Crippen LogP contribution in [0.5, 0.6) is 0 Å². The standard InChI is InChI=1S/C9H18N4/c1-9(2,3)7-5-6-8-10-11-12-13(8)4/h5-7H2,1-4H3. The number of rotatable bonds is 3. The van der Waals surface area contributed by atoms with Gasteiger partial charge in [0.25, 0.3) is 0 Å². The monoisotopic (exact) mass is 182 g/mol. The van der Waals surface area contributed by atoms with Crippen molar-refractivity contribution < 1.29 is 0 Å². The third kappa shape index (κ3) is 3.53. The van der Waals surface area contributed by atoms with Crippen LogP contribution in [0.15, 0.2) is 0 Å². The summed E-state index contributed by atoms with van der Waals surface area (Å²) in [7, 11) is 1.88. The summed E-state index contributed by atoms with van der Waals surface area (Å²) in [5.74, 6) is 0.976. The van der Waals surface area contributed by atoms with Gasteiger partial charge in [0, 0.05) is 13.5 Å². The van der Waals surface area contributed by atoms with Gasteiger partial charge in [-0.25, -0.2) is 4.68 Å². The zero-order valence-electron chi connectivity index (χ0n) is 8.91. The fourth-order valence-corrected chi connectivity index (χ4v) is 1.24. The third-order valence-electron chi connectivity index (χ3n) is 2.04. The minimum Gasteiger partial charge on any atom is -0.233 e. The molecule has 0 bridgehead atoms. The highest BCUT2D eigenvalue weighted by Crippen LogP contribution is 2.21. The summed E-state index contributed by atoms with van der Waals surface area (Å²) in [6.45, 7) is 6.76. The lowest BCUT2D eigenvalue weighted by atomic mass is 9.90. The number of hydrogen-bond acceptors (Lipinski definition) is 3. The maximum Gasteiger partial charge on any atom is 0.150 e. The molecule has 0 saturated carbocycles. The van der Waals surface area contributed by atoms with Gasteiger partial charge < -0.3 is 0 Å². The summed E-state index contributed by atoms with van der Waals surface area (Å²) in [6.07, 6.45) is 3.33. The topological polar surface area (TPSA) is 43.6 Å². The fraction of sp³-hybridized carbons (Fsp3) is 0.889. The van der Waals surface area contributed by atoms with Gasteiger partial charge in [0.05, 0.1) is 0 Å². The van der Waals surface area contributed by atoms with Crippen LogP contribution in [-0.2, 0) is 13.5 Å². The second-order valence-corrected chi connectivity index (χ2v) is 4.63. The van der Waals surface area contributed by atoms with Crippen molar-refractivity contribution in [2.45, 2.75) is 40.0 Å². The molecule has 13 heavy (non-hydrogen) atoms. The zero-order valence-corrected chi connectivity index (χ0v) is 8.91. The SMILES string of the molecule is Cn1nnnc1CCCC(C)(C)C. The molecule has 1 aromatic rings. The Morgan fingerprint density at radius 1 is 1.31 bits per heavy atom. The van der Waals surface area contributed by atoms with Crippen molar-refractivity contribution in [2.75, 3.05) is 0 Å². The molecule has 0 amide bonds. The molecule has 0 unspecified atom stereocenters. The molecule has 0 spiro atoms. The first kappa shape index (κ1) is 10.2. The quantitative estimate of drug-likeness (QED) is 0.712. The van der Waals surface area contributed by atoms with Crippen molar-refractivity contribution >= 4 is 0 Å². The highest BCUT2D eigenvalue weighted by molar-refractivity contribution is 4.79. The van der Waals surface area contributed by atoms with E-state index in [1.54, 1.807) is 4.68 Å². The first-order chi connectivity index (χ1) is 5.99. The van der Waals surface area contributed by atoms with Gasteiger partial charge in [-0.1, -0.05) is 20.8 Å². The van der Waals surface area contributed by atoms with E-state index in [1.807, 2.05) is 7.05 Å². The summed E-state index contributed by atoms with van der Waals surface area (Å²) in [5, 5.41) is 11.3. The van der Waals surface area contributed by atoms with E-state index in [4.69, 9.17) is 0 Å². The molecule has 74 valence electrons. The average molecular weight is 182 g/mol. The van der Waals surface area contributed by atoms with Crippen molar-refractivity contribution in [1.29, 1.82) is 0 Å². The molecule has 0 aliphatic rings. The Labute approximate surface area is 79.3 Å². The Kier molecular flexibility index (Phi) is 3.01. The summed E-state index contributed by atoms with van der Waals surface area (Å²) in [5.41, 5.74) is 0.409. The second-order valence-electron chi connectivity index (χ2n) is 4.63. The van der Waals surface area contributed by atoms with Crippen molar-refractivity contribution in [2.24, 2.45) is 12.5 Å². The molecule has 4 nitrogen and oxygen atoms in total. The lowest BCUT2D eigenvalue weighted by molar-refractivity contribution is 0.363. The predicted molar refractivity (Wildman–Crippen MR) is 51.2 cm³/mol. The molecule has 4 heteroatoms. The Morgan fingerprint density at radius 2 is 2.00 bits per heavy atom. The van der Waals surface area contributed by atoms with Gasteiger partial charge in [0.15, 0.2) is 5.82 Å². The van der Waals surface area contributed by atoms with E-state index in [9.17, 15) is 0 Å². The molecule has 0 atom stereocenters. The lowest BCUT2D eigenvalue weighted by Crippen LogP contribution is -2.07. The number of hydrogen-bond donors (Lipinski definition) is 0. The Morgan fingerprint density at radius 3 is 2.46 bits per heavy atom. The normalized spacial score (nSPS) is 12.0. The van der Waals surface area contributed by atoms with Gasteiger partial charge in [-0.3, -0.25) is 0 Å². The summed E-state index contributed by atoms with van der Waals surface area (Å²) in [6, 6.07) is 0. The van der Waals surface area contributed by atoms with E-state index < -0.39 is 0 Å². The highest BCUT2D eigenvalue weighted by atomic mass is 15.5. The number of nitrogens with zero attached hydrogens (tertiary/aromatic N) is 4. The maximum atomic E-state index is 3.94. The van der Waals surface area contributed by atoms with Gasteiger partial charge in [0.1, 0.15) is 0 Å². The van der Waals surface area contributed by atoms with Crippen LogP contribution in [-0.4, -0.2) is 20.2 Å². The minimum absolute atomic E-state index is 0.409. The molecular formula is C9H18N4. The van der Waals surface area contributed by atoms with Gasteiger partial charge in [0.2, 0.25) is 0 Å². The van der Waals surface area contributed by atoms with E-state index >= 15 is 0 Å². The maximum absolute atomic E-state index is 3.94. The van der Waals surface area contributed by atoms with Gasteiger partial charge >= 0.3 is 0 Å². The van der Waals surface area contributed by atoms with E-state index in [0.29, 0.717) is 5.41 Å². The molecule has 0 N–H and O–H groups in total. The van der Waals surface area contributed by atoms with Crippen LogP contribution in [0.4, 0.5) is 0 Å². The molecule has 0 saturated heterocycles. The Balaban J connectivity index is 2.32. The van der Waals surface area contributed by atoms with Gasteiger partial charge in [-0.05, 0) is 28.7 Å². The van der Waals surface area contributed by atoms with Crippen LogP contribution < -0.4 is 0 Å². The van der Waals surface area contributed by atoms with E-state index in [1.165, 1.54) is 6.42 Å². The van der Waals surface area contributed by atoms with Crippen molar-refractivity contribution in [3.05, 3.63) is 5.82 Å². The number of tetrazole rings is 1.